The van der Waals surface area contributed by atoms with Crippen molar-refractivity contribution in [1.82, 2.24) is 4.98 Å². The SMILES string of the molecule is CC1CCCC(N(C)c2ncc(C(=O)O)cc2[N+](=O)[O-])C1. The highest BCUT2D eigenvalue weighted by Crippen LogP contribution is 2.33. The first-order valence-corrected chi connectivity index (χ1v) is 7.00. The Balaban J connectivity index is 2.33. The standard InChI is InChI=1S/C14H19N3O4/c1-9-4-3-5-11(6-9)16(2)13-12(17(20)21)7-10(8-15-13)14(18)19/h7-9,11H,3-6H2,1-2H3,(H,18,19). The Morgan fingerprint density at radius 3 is 2.81 bits per heavy atom. The van der Waals surface area contributed by atoms with E-state index in [-0.39, 0.29) is 23.1 Å². The Hall–Kier alpha value is -2.18. The highest BCUT2D eigenvalue weighted by molar-refractivity contribution is 5.88. The molecule has 0 amide bonds. The van der Waals surface area contributed by atoms with Gasteiger partial charge in [0.1, 0.15) is 0 Å². The van der Waals surface area contributed by atoms with Crippen LogP contribution in [0, 0.1) is 16.0 Å². The fraction of sp³-hybridized carbons (Fsp3) is 0.571. The van der Waals surface area contributed by atoms with Crippen LogP contribution in [0.15, 0.2) is 12.3 Å². The lowest BCUT2D eigenvalue weighted by atomic mass is 9.86. The van der Waals surface area contributed by atoms with Crippen molar-refractivity contribution in [1.29, 1.82) is 0 Å². The van der Waals surface area contributed by atoms with Gasteiger partial charge in [-0.05, 0) is 18.8 Å². The van der Waals surface area contributed by atoms with E-state index in [9.17, 15) is 14.9 Å². The van der Waals surface area contributed by atoms with Crippen molar-refractivity contribution in [3.63, 3.8) is 0 Å². The minimum absolute atomic E-state index is 0.170. The van der Waals surface area contributed by atoms with Crippen LogP contribution in [-0.4, -0.2) is 34.1 Å². The number of hydrogen-bond donors (Lipinski definition) is 1. The van der Waals surface area contributed by atoms with E-state index in [1.54, 1.807) is 7.05 Å². The second kappa shape index (κ2) is 6.07. The Morgan fingerprint density at radius 2 is 2.24 bits per heavy atom. The molecule has 1 fully saturated rings. The number of anilines is 1. The molecule has 1 aromatic heterocycles. The number of hydrogen-bond acceptors (Lipinski definition) is 5. The van der Waals surface area contributed by atoms with Crippen molar-refractivity contribution in [2.24, 2.45) is 5.92 Å². The van der Waals surface area contributed by atoms with Crippen molar-refractivity contribution >= 4 is 17.5 Å². The zero-order valence-electron chi connectivity index (χ0n) is 12.2. The number of rotatable bonds is 4. The summed E-state index contributed by atoms with van der Waals surface area (Å²) in [6.07, 6.45) is 5.39. The van der Waals surface area contributed by atoms with Crippen LogP contribution in [0.3, 0.4) is 0 Å². The highest BCUT2D eigenvalue weighted by Gasteiger charge is 2.28. The highest BCUT2D eigenvalue weighted by atomic mass is 16.6. The molecule has 1 heterocycles. The number of aromatic nitrogens is 1. The van der Waals surface area contributed by atoms with Crippen LogP contribution in [0.2, 0.25) is 0 Å². The molecule has 0 radical (unpaired) electrons. The van der Waals surface area contributed by atoms with Gasteiger partial charge in [-0.25, -0.2) is 9.78 Å². The summed E-state index contributed by atoms with van der Waals surface area (Å²) in [5.74, 6) is -0.390. The molecule has 1 aliphatic carbocycles. The van der Waals surface area contributed by atoms with Crippen molar-refractivity contribution in [3.8, 4) is 0 Å². The van der Waals surface area contributed by atoms with Gasteiger partial charge in [-0.2, -0.15) is 0 Å². The molecular formula is C14H19N3O4. The number of carboxylic acid groups (broad SMARTS) is 1. The summed E-state index contributed by atoms with van der Waals surface area (Å²) in [7, 11) is 1.79. The van der Waals surface area contributed by atoms with E-state index in [0.29, 0.717) is 5.92 Å². The van der Waals surface area contributed by atoms with E-state index >= 15 is 0 Å². The molecule has 1 saturated carbocycles. The van der Waals surface area contributed by atoms with E-state index in [0.717, 1.165) is 25.3 Å². The fourth-order valence-electron chi connectivity index (χ4n) is 2.90. The molecule has 2 rings (SSSR count). The summed E-state index contributed by atoms with van der Waals surface area (Å²) in [4.78, 5) is 27.4. The quantitative estimate of drug-likeness (QED) is 0.677. The van der Waals surface area contributed by atoms with Gasteiger partial charge in [0.25, 0.3) is 0 Å². The predicted molar refractivity (Wildman–Crippen MR) is 77.7 cm³/mol. The average Bonchev–Trinajstić information content (AvgIpc) is 2.45. The zero-order valence-corrected chi connectivity index (χ0v) is 12.2. The Morgan fingerprint density at radius 1 is 1.52 bits per heavy atom. The lowest BCUT2D eigenvalue weighted by molar-refractivity contribution is -0.384. The van der Waals surface area contributed by atoms with Gasteiger partial charge in [-0.15, -0.1) is 0 Å². The van der Waals surface area contributed by atoms with Gasteiger partial charge < -0.3 is 10.0 Å². The minimum Gasteiger partial charge on any atom is -0.478 e. The molecule has 2 unspecified atom stereocenters. The predicted octanol–water partition coefficient (Wildman–Crippen LogP) is 2.70. The van der Waals surface area contributed by atoms with Gasteiger partial charge in [0.15, 0.2) is 0 Å². The topological polar surface area (TPSA) is 96.6 Å². The van der Waals surface area contributed by atoms with Crippen molar-refractivity contribution in [2.45, 2.75) is 38.6 Å². The van der Waals surface area contributed by atoms with Crippen LogP contribution in [0.25, 0.3) is 0 Å². The molecule has 1 N–H and O–H groups in total. The summed E-state index contributed by atoms with van der Waals surface area (Å²) in [5, 5.41) is 20.1. The number of nitrogens with zero attached hydrogens (tertiary/aromatic N) is 3. The molecule has 0 bridgehead atoms. The van der Waals surface area contributed by atoms with Crippen molar-refractivity contribution in [3.05, 3.63) is 27.9 Å². The maximum Gasteiger partial charge on any atom is 0.337 e. The summed E-state index contributed by atoms with van der Waals surface area (Å²) in [6, 6.07) is 1.28. The first kappa shape index (κ1) is 15.2. The van der Waals surface area contributed by atoms with Gasteiger partial charge in [-0.3, -0.25) is 10.1 Å². The molecule has 0 aromatic carbocycles. The van der Waals surface area contributed by atoms with Crippen molar-refractivity contribution < 1.29 is 14.8 Å². The number of pyridine rings is 1. The van der Waals surface area contributed by atoms with E-state index in [1.165, 1.54) is 12.6 Å². The van der Waals surface area contributed by atoms with Gasteiger partial charge in [-0.1, -0.05) is 19.8 Å². The lowest BCUT2D eigenvalue weighted by Gasteiger charge is -2.34. The first-order chi connectivity index (χ1) is 9.90. The maximum atomic E-state index is 11.2. The van der Waals surface area contributed by atoms with Crippen LogP contribution in [-0.2, 0) is 0 Å². The monoisotopic (exact) mass is 293 g/mol. The molecular weight excluding hydrogens is 274 g/mol. The van der Waals surface area contributed by atoms with E-state index in [2.05, 4.69) is 11.9 Å². The lowest BCUT2D eigenvalue weighted by Crippen LogP contribution is -2.36. The fourth-order valence-corrected chi connectivity index (χ4v) is 2.90. The molecule has 7 nitrogen and oxygen atoms in total. The number of carbonyl (C=O) groups is 1. The van der Waals surface area contributed by atoms with Crippen molar-refractivity contribution in [2.75, 3.05) is 11.9 Å². The number of nitro groups is 1. The van der Waals surface area contributed by atoms with Gasteiger partial charge in [0.2, 0.25) is 5.82 Å². The van der Waals surface area contributed by atoms with E-state index < -0.39 is 10.9 Å². The van der Waals surface area contributed by atoms with Crippen LogP contribution in [0.4, 0.5) is 11.5 Å². The van der Waals surface area contributed by atoms with Gasteiger partial charge in [0.05, 0.1) is 10.5 Å². The summed E-state index contributed by atoms with van der Waals surface area (Å²) >= 11 is 0. The van der Waals surface area contributed by atoms with E-state index in [4.69, 9.17) is 5.11 Å². The first-order valence-electron chi connectivity index (χ1n) is 7.00. The van der Waals surface area contributed by atoms with Crippen LogP contribution in [0.5, 0.6) is 0 Å². The van der Waals surface area contributed by atoms with Crippen LogP contribution >= 0.6 is 0 Å². The molecule has 1 aliphatic rings. The molecule has 0 saturated heterocycles. The number of aromatic carboxylic acids is 1. The molecule has 0 aliphatic heterocycles. The molecule has 7 heteroatoms. The number of carboxylic acids is 1. The summed E-state index contributed by atoms with van der Waals surface area (Å²) < 4.78 is 0. The average molecular weight is 293 g/mol. The summed E-state index contributed by atoms with van der Waals surface area (Å²) in [6.45, 7) is 2.18. The van der Waals surface area contributed by atoms with Crippen LogP contribution < -0.4 is 4.90 Å². The minimum atomic E-state index is -1.22. The van der Waals surface area contributed by atoms with Gasteiger partial charge >= 0.3 is 11.7 Å². The Bertz CT molecular complexity index is 561. The Labute approximate surface area is 122 Å². The maximum absolute atomic E-state index is 11.2. The zero-order chi connectivity index (χ0) is 15.6. The summed E-state index contributed by atoms with van der Waals surface area (Å²) in [5.41, 5.74) is -0.425. The second-order valence-electron chi connectivity index (χ2n) is 5.67. The molecule has 0 spiro atoms. The molecule has 2 atom stereocenters. The Kier molecular flexibility index (Phi) is 4.40. The van der Waals surface area contributed by atoms with Gasteiger partial charge in [0, 0.05) is 25.4 Å². The smallest absolute Gasteiger partial charge is 0.337 e. The largest absolute Gasteiger partial charge is 0.478 e. The van der Waals surface area contributed by atoms with E-state index in [1.807, 2.05) is 4.90 Å². The third-order valence-corrected chi connectivity index (χ3v) is 4.08. The molecule has 1 aromatic rings. The normalized spacial score (nSPS) is 21.8. The second-order valence-corrected chi connectivity index (χ2v) is 5.67. The van der Waals surface area contributed by atoms with Crippen LogP contribution in [0.1, 0.15) is 43.0 Å². The molecule has 114 valence electrons. The molecule has 21 heavy (non-hydrogen) atoms. The third-order valence-electron chi connectivity index (χ3n) is 4.08. The third kappa shape index (κ3) is 3.29.